The summed E-state index contributed by atoms with van der Waals surface area (Å²) in [5.74, 6) is -0.812. The van der Waals surface area contributed by atoms with Gasteiger partial charge in [0.25, 0.3) is 5.91 Å². The average molecular weight is 587 g/mol. The molecule has 0 spiro atoms. The van der Waals surface area contributed by atoms with Crippen molar-refractivity contribution in [2.75, 3.05) is 6.61 Å². The molecule has 5 rings (SSSR count). The van der Waals surface area contributed by atoms with Crippen LogP contribution in [0.5, 0.6) is 0 Å². The monoisotopic (exact) mass is 586 g/mol. The maximum Gasteiger partial charge on any atom is 0.270 e. The van der Waals surface area contributed by atoms with Gasteiger partial charge in [0, 0.05) is 59.2 Å². The summed E-state index contributed by atoms with van der Waals surface area (Å²) in [5, 5.41) is 12.5. The molecule has 4 aromatic rings. The van der Waals surface area contributed by atoms with E-state index in [1.165, 1.54) is 6.07 Å². The second-order valence-electron chi connectivity index (χ2n) is 11.3. The third-order valence-corrected chi connectivity index (χ3v) is 9.14. The number of nitrogens with one attached hydrogen (secondary N) is 1. The number of hydrogen-bond donors (Lipinski definition) is 2. The van der Waals surface area contributed by atoms with Gasteiger partial charge in [0.15, 0.2) is 0 Å². The predicted molar refractivity (Wildman–Crippen MR) is 163 cm³/mol. The minimum absolute atomic E-state index is 0.0115. The zero-order chi connectivity index (χ0) is 29.9. The molecule has 7 nitrogen and oxygen atoms in total. The maximum absolute atomic E-state index is 14.2. The molecule has 0 saturated heterocycles. The summed E-state index contributed by atoms with van der Waals surface area (Å²) in [5.41, 5.74) is 5.70. The molecule has 0 fully saturated rings. The SMILES string of the molecule is CC(C)(C)[S+]([O-])N1Cc2cc(C(=O)NCc3ccccc3F)nc(-c3cccc(-c4cccnc4)c3)c2[C@H]1CCCO. The number of carbonyl (C=O) groups is 1. The highest BCUT2D eigenvalue weighted by atomic mass is 32.2. The molecule has 2 aromatic carbocycles. The molecular weight excluding hydrogens is 551 g/mol. The Bertz CT molecular complexity index is 1560. The molecule has 2 atom stereocenters. The van der Waals surface area contributed by atoms with Crippen molar-refractivity contribution >= 4 is 17.3 Å². The fraction of sp³-hybridized carbons (Fsp3) is 0.303. The molecule has 0 radical (unpaired) electrons. The number of pyridine rings is 2. The number of aliphatic hydroxyl groups excluding tert-OH is 1. The lowest BCUT2D eigenvalue weighted by Gasteiger charge is -2.34. The van der Waals surface area contributed by atoms with Gasteiger partial charge < -0.3 is 15.0 Å². The molecule has 1 amide bonds. The van der Waals surface area contributed by atoms with Gasteiger partial charge >= 0.3 is 0 Å². The van der Waals surface area contributed by atoms with Crippen LogP contribution in [-0.4, -0.2) is 41.2 Å². The number of halogens is 1. The second kappa shape index (κ2) is 12.7. The highest BCUT2D eigenvalue weighted by Gasteiger charge is 2.44. The first-order chi connectivity index (χ1) is 20.2. The largest absolute Gasteiger partial charge is 0.597 e. The lowest BCUT2D eigenvalue weighted by molar-refractivity contribution is 0.0945. The molecule has 0 aliphatic carbocycles. The summed E-state index contributed by atoms with van der Waals surface area (Å²) in [4.78, 5) is 22.6. The third kappa shape index (κ3) is 6.39. The van der Waals surface area contributed by atoms with E-state index in [9.17, 15) is 18.8 Å². The Morgan fingerprint density at radius 3 is 2.57 bits per heavy atom. The summed E-state index contributed by atoms with van der Waals surface area (Å²) in [6, 6.07) is 19.6. The number of benzene rings is 2. The highest BCUT2D eigenvalue weighted by molar-refractivity contribution is 7.90. The molecule has 2 N–H and O–H groups in total. The number of amides is 1. The number of aromatic nitrogens is 2. The van der Waals surface area contributed by atoms with E-state index in [0.29, 0.717) is 30.6 Å². The van der Waals surface area contributed by atoms with E-state index in [1.807, 2.05) is 61.5 Å². The fourth-order valence-electron chi connectivity index (χ4n) is 5.26. The minimum atomic E-state index is -1.35. The molecule has 1 unspecified atom stereocenters. The second-order valence-corrected chi connectivity index (χ2v) is 13.5. The zero-order valence-corrected chi connectivity index (χ0v) is 24.8. The molecular formula is C33H35FN4O3S. The molecule has 9 heteroatoms. The van der Waals surface area contributed by atoms with Crippen LogP contribution in [0.15, 0.2) is 79.1 Å². The van der Waals surface area contributed by atoms with Crippen LogP contribution in [0.1, 0.15) is 66.8 Å². The molecule has 1 aliphatic heterocycles. The van der Waals surface area contributed by atoms with Gasteiger partial charge in [-0.3, -0.25) is 9.78 Å². The molecule has 218 valence electrons. The first kappa shape index (κ1) is 29.8. The van der Waals surface area contributed by atoms with E-state index in [0.717, 1.165) is 27.8 Å². The van der Waals surface area contributed by atoms with Crippen LogP contribution in [0, 0.1) is 5.82 Å². The first-order valence-corrected chi connectivity index (χ1v) is 15.1. The van der Waals surface area contributed by atoms with Gasteiger partial charge in [-0.1, -0.05) is 42.5 Å². The lowest BCUT2D eigenvalue weighted by Crippen LogP contribution is -2.42. The van der Waals surface area contributed by atoms with Crippen molar-refractivity contribution < 1.29 is 18.8 Å². The third-order valence-electron chi connectivity index (χ3n) is 7.28. The van der Waals surface area contributed by atoms with Gasteiger partial charge in [0.1, 0.15) is 16.3 Å². The van der Waals surface area contributed by atoms with Crippen LogP contribution in [0.25, 0.3) is 22.4 Å². The van der Waals surface area contributed by atoms with Gasteiger partial charge in [-0.2, -0.15) is 0 Å². The highest BCUT2D eigenvalue weighted by Crippen LogP contribution is 2.45. The van der Waals surface area contributed by atoms with Crippen LogP contribution in [0.4, 0.5) is 4.39 Å². The Labute approximate surface area is 249 Å². The predicted octanol–water partition coefficient (Wildman–Crippen LogP) is 5.97. The molecule has 2 aromatic heterocycles. The van der Waals surface area contributed by atoms with Gasteiger partial charge in [0.05, 0.1) is 18.3 Å². The molecule has 1 aliphatic rings. The first-order valence-electron chi connectivity index (χ1n) is 14.0. The van der Waals surface area contributed by atoms with Crippen molar-refractivity contribution in [2.45, 2.75) is 57.5 Å². The van der Waals surface area contributed by atoms with E-state index in [4.69, 9.17) is 4.98 Å². The Morgan fingerprint density at radius 2 is 1.86 bits per heavy atom. The normalized spacial score (nSPS) is 15.8. The smallest absolute Gasteiger partial charge is 0.270 e. The van der Waals surface area contributed by atoms with Crippen molar-refractivity contribution in [1.29, 1.82) is 0 Å². The van der Waals surface area contributed by atoms with Crippen molar-refractivity contribution in [3.8, 4) is 22.4 Å². The van der Waals surface area contributed by atoms with Crippen LogP contribution < -0.4 is 5.32 Å². The van der Waals surface area contributed by atoms with E-state index in [2.05, 4.69) is 10.3 Å². The van der Waals surface area contributed by atoms with Crippen LogP contribution in [0.2, 0.25) is 0 Å². The Balaban J connectivity index is 1.60. The summed E-state index contributed by atoms with van der Waals surface area (Å²) in [7, 11) is 0. The number of hydrogen-bond acceptors (Lipinski definition) is 6. The minimum Gasteiger partial charge on any atom is -0.597 e. The van der Waals surface area contributed by atoms with Gasteiger partial charge in [-0.05, 0) is 69.0 Å². The quantitative estimate of drug-likeness (QED) is 0.234. The molecule has 0 saturated carbocycles. The van der Waals surface area contributed by atoms with E-state index in [1.54, 1.807) is 36.7 Å². The standard InChI is InChI=1S/C33H35FN4O3S/c1-33(2,3)42(41)38-21-26-18-28(32(40)36-20-25-9-4-5-13-27(25)34)37-31(30(26)29(38)14-8-16-39)23-11-6-10-22(17-23)24-12-7-15-35-19-24/h4-7,9-13,15,17-19,29,39H,8,14,16,20-21H2,1-3H3,(H,36,40)/t29-,42?/m1/s1. The molecule has 0 bridgehead atoms. The number of fused-ring (bicyclic) bond motifs is 1. The van der Waals surface area contributed by atoms with E-state index < -0.39 is 22.0 Å². The maximum atomic E-state index is 14.2. The van der Waals surface area contributed by atoms with Crippen LogP contribution in [-0.2, 0) is 24.5 Å². The number of nitrogens with zero attached hydrogens (tertiary/aromatic N) is 3. The van der Waals surface area contributed by atoms with Crippen LogP contribution in [0.3, 0.4) is 0 Å². The fourth-order valence-corrected chi connectivity index (χ4v) is 6.66. The average Bonchev–Trinajstić information content (AvgIpc) is 3.36. The lowest BCUT2D eigenvalue weighted by atomic mass is 9.93. The number of aliphatic hydroxyl groups is 1. The van der Waals surface area contributed by atoms with Crippen molar-refractivity contribution in [2.24, 2.45) is 0 Å². The number of carbonyl (C=O) groups excluding carboxylic acids is 1. The topological polar surface area (TPSA) is 101 Å². The van der Waals surface area contributed by atoms with Crippen LogP contribution >= 0.6 is 0 Å². The summed E-state index contributed by atoms with van der Waals surface area (Å²) < 4.78 is 29.4. The summed E-state index contributed by atoms with van der Waals surface area (Å²) in [6.07, 6.45) is 4.63. The molecule has 42 heavy (non-hydrogen) atoms. The van der Waals surface area contributed by atoms with E-state index in [-0.39, 0.29) is 30.7 Å². The number of rotatable bonds is 9. The van der Waals surface area contributed by atoms with Crippen molar-refractivity contribution in [3.05, 3.63) is 107 Å². The Hall–Kier alpha value is -3.63. The van der Waals surface area contributed by atoms with Crippen molar-refractivity contribution in [1.82, 2.24) is 19.6 Å². The van der Waals surface area contributed by atoms with Gasteiger partial charge in [0.2, 0.25) is 0 Å². The van der Waals surface area contributed by atoms with Crippen molar-refractivity contribution in [3.63, 3.8) is 0 Å². The summed E-state index contributed by atoms with van der Waals surface area (Å²) >= 11 is -1.35. The summed E-state index contributed by atoms with van der Waals surface area (Å²) in [6.45, 7) is 6.22. The Morgan fingerprint density at radius 1 is 1.10 bits per heavy atom. The molecule has 3 heterocycles. The Kier molecular flexibility index (Phi) is 9.03. The zero-order valence-electron chi connectivity index (χ0n) is 24.0. The van der Waals surface area contributed by atoms with Gasteiger partial charge in [-0.15, -0.1) is 4.31 Å². The van der Waals surface area contributed by atoms with Gasteiger partial charge in [-0.25, -0.2) is 9.37 Å². The van der Waals surface area contributed by atoms with E-state index >= 15 is 0 Å².